The Kier molecular flexibility index (Phi) is 5.84. The zero-order valence-electron chi connectivity index (χ0n) is 21.9. The number of aliphatic hydroxyl groups is 1. The molecule has 0 radical (unpaired) electrons. The molecule has 4 aliphatic rings. The van der Waals surface area contributed by atoms with Gasteiger partial charge in [-0.25, -0.2) is 4.39 Å². The van der Waals surface area contributed by atoms with E-state index in [1.165, 1.54) is 17.3 Å². The van der Waals surface area contributed by atoms with Gasteiger partial charge in [-0.3, -0.25) is 4.79 Å². The first kappa shape index (κ1) is 24.5. The largest absolute Gasteiger partial charge is 0.390 e. The van der Waals surface area contributed by atoms with Crippen LogP contribution < -0.4 is 0 Å². The maximum absolute atomic E-state index is 14.1. The Morgan fingerprint density at radius 3 is 2.72 bits per heavy atom. The summed E-state index contributed by atoms with van der Waals surface area (Å²) in [6, 6.07) is 4.73. The van der Waals surface area contributed by atoms with E-state index in [2.05, 4.69) is 17.1 Å². The molecule has 6 rings (SSSR count). The Labute approximate surface area is 213 Å². The van der Waals surface area contributed by atoms with Crippen molar-refractivity contribution in [1.82, 2.24) is 15.0 Å². The highest BCUT2D eigenvalue weighted by atomic mass is 19.1. The average Bonchev–Trinajstić information content (AvgIpc) is 3.40. The molecule has 1 heterocycles. The van der Waals surface area contributed by atoms with Crippen LogP contribution in [0.3, 0.4) is 0 Å². The Hall–Kier alpha value is -1.86. The molecular formula is C29H40FN3O3. The molecule has 0 amide bonds. The van der Waals surface area contributed by atoms with Gasteiger partial charge in [0.1, 0.15) is 17.6 Å². The van der Waals surface area contributed by atoms with Crippen molar-refractivity contribution in [3.05, 3.63) is 24.0 Å². The van der Waals surface area contributed by atoms with Crippen LogP contribution in [0.4, 0.5) is 4.39 Å². The second kappa shape index (κ2) is 8.59. The predicted octanol–water partition coefficient (Wildman–Crippen LogP) is 5.18. The molecule has 2 aromatic rings. The van der Waals surface area contributed by atoms with Gasteiger partial charge < -0.3 is 9.84 Å². The van der Waals surface area contributed by atoms with Crippen LogP contribution in [0.1, 0.15) is 71.6 Å². The van der Waals surface area contributed by atoms with E-state index in [0.29, 0.717) is 29.2 Å². The lowest BCUT2D eigenvalue weighted by atomic mass is 9.43. The molecule has 0 unspecified atom stereocenters. The van der Waals surface area contributed by atoms with Crippen LogP contribution in [0.2, 0.25) is 0 Å². The molecule has 6 nitrogen and oxygen atoms in total. The third-order valence-corrected chi connectivity index (χ3v) is 11.2. The molecule has 0 aliphatic heterocycles. The van der Waals surface area contributed by atoms with Crippen molar-refractivity contribution in [1.29, 1.82) is 0 Å². The van der Waals surface area contributed by atoms with E-state index in [-0.39, 0.29) is 34.6 Å². The minimum atomic E-state index is -0.558. The van der Waals surface area contributed by atoms with Crippen molar-refractivity contribution in [2.24, 2.45) is 40.4 Å². The van der Waals surface area contributed by atoms with Crippen LogP contribution >= 0.6 is 0 Å². The topological polar surface area (TPSA) is 77.2 Å². The van der Waals surface area contributed by atoms with E-state index < -0.39 is 11.4 Å². The van der Waals surface area contributed by atoms with Crippen molar-refractivity contribution in [2.75, 3.05) is 13.7 Å². The molecule has 196 valence electrons. The molecule has 1 N–H and O–H groups in total. The summed E-state index contributed by atoms with van der Waals surface area (Å²) >= 11 is 0. The SMILES string of the molecule is COC[C@]12CC[C@@](C)(O)C[C@@H]1CC[C@H]1[C@@H]3CC[C@H](C(=O)Cn4nc5cccc(F)c5n4)[C@@]3(C)CC[C@@H]12. The Morgan fingerprint density at radius 1 is 1.11 bits per heavy atom. The highest BCUT2D eigenvalue weighted by molar-refractivity contribution is 5.82. The summed E-state index contributed by atoms with van der Waals surface area (Å²) in [5.74, 6) is 2.09. The summed E-state index contributed by atoms with van der Waals surface area (Å²) < 4.78 is 20.0. The Morgan fingerprint density at radius 2 is 1.94 bits per heavy atom. The average molecular weight is 498 g/mol. The predicted molar refractivity (Wildman–Crippen MR) is 135 cm³/mol. The first-order valence-electron chi connectivity index (χ1n) is 13.9. The Balaban J connectivity index is 1.23. The molecule has 7 heteroatoms. The normalized spacial score (nSPS) is 42.1. The molecule has 36 heavy (non-hydrogen) atoms. The zero-order chi connectivity index (χ0) is 25.3. The molecule has 4 fully saturated rings. The number of fused-ring (bicyclic) bond motifs is 6. The summed E-state index contributed by atoms with van der Waals surface area (Å²) in [5, 5.41) is 19.5. The van der Waals surface area contributed by atoms with Gasteiger partial charge in [0.05, 0.1) is 12.2 Å². The van der Waals surface area contributed by atoms with E-state index in [9.17, 15) is 14.3 Å². The van der Waals surface area contributed by atoms with E-state index in [0.717, 1.165) is 58.0 Å². The third kappa shape index (κ3) is 3.67. The Bertz CT molecular complexity index is 1160. The van der Waals surface area contributed by atoms with E-state index in [1.807, 2.05) is 14.0 Å². The highest BCUT2D eigenvalue weighted by Gasteiger charge is 2.63. The smallest absolute Gasteiger partial charge is 0.159 e. The van der Waals surface area contributed by atoms with Gasteiger partial charge in [0.2, 0.25) is 0 Å². The number of aromatic nitrogens is 3. The molecule has 0 saturated heterocycles. The number of hydrogen-bond donors (Lipinski definition) is 1. The quantitative estimate of drug-likeness (QED) is 0.616. The summed E-state index contributed by atoms with van der Waals surface area (Å²) in [5.41, 5.74) is 0.319. The molecule has 8 atom stereocenters. The molecular weight excluding hydrogens is 457 g/mol. The number of rotatable bonds is 5. The van der Waals surface area contributed by atoms with Crippen molar-refractivity contribution in [2.45, 2.75) is 83.8 Å². The first-order valence-corrected chi connectivity index (χ1v) is 13.9. The summed E-state index contributed by atoms with van der Waals surface area (Å²) in [6.45, 7) is 5.26. The van der Waals surface area contributed by atoms with Crippen LogP contribution in [-0.2, 0) is 16.1 Å². The minimum Gasteiger partial charge on any atom is -0.390 e. The van der Waals surface area contributed by atoms with Crippen molar-refractivity contribution < 1.29 is 19.0 Å². The van der Waals surface area contributed by atoms with Crippen LogP contribution in [0, 0.1) is 46.2 Å². The number of ether oxygens (including phenoxy) is 1. The van der Waals surface area contributed by atoms with Crippen molar-refractivity contribution >= 4 is 16.8 Å². The molecule has 0 spiro atoms. The number of methoxy groups -OCH3 is 1. The van der Waals surface area contributed by atoms with Gasteiger partial charge in [0.25, 0.3) is 0 Å². The fourth-order valence-electron chi connectivity index (χ4n) is 9.58. The zero-order valence-corrected chi connectivity index (χ0v) is 21.9. The number of nitrogens with zero attached hydrogens (tertiary/aromatic N) is 3. The van der Waals surface area contributed by atoms with Crippen LogP contribution in [0.15, 0.2) is 18.2 Å². The van der Waals surface area contributed by atoms with Gasteiger partial charge in [-0.2, -0.15) is 9.90 Å². The second-order valence-corrected chi connectivity index (χ2v) is 13.0. The maximum Gasteiger partial charge on any atom is 0.159 e. The van der Waals surface area contributed by atoms with Gasteiger partial charge in [-0.1, -0.05) is 13.0 Å². The fraction of sp³-hybridized carbons (Fsp3) is 0.759. The number of hydrogen-bond acceptors (Lipinski definition) is 5. The van der Waals surface area contributed by atoms with Crippen molar-refractivity contribution in [3.8, 4) is 0 Å². The summed E-state index contributed by atoms with van der Waals surface area (Å²) in [4.78, 5) is 15.0. The number of carbonyl (C=O) groups excluding carboxylic acids is 1. The lowest BCUT2D eigenvalue weighted by Crippen LogP contribution is -2.58. The van der Waals surface area contributed by atoms with Crippen LogP contribution in [-0.4, -0.2) is 45.2 Å². The molecule has 4 aliphatic carbocycles. The number of benzene rings is 1. The molecule has 1 aromatic heterocycles. The standard InChI is InChI=1S/C29H40FN3O3/c1-27(35)13-14-29(17-36-3)18(15-27)7-8-19-20-9-10-22(28(20,2)12-11-21(19)29)25(34)16-33-31-24-6-4-5-23(30)26(24)32-33/h4-6,18-22,35H,7-17H2,1-3H3/t18-,19-,20-,21-,22+,27+,28-,29+/m0/s1. The van der Waals surface area contributed by atoms with Gasteiger partial charge in [0, 0.05) is 13.0 Å². The molecule has 4 saturated carbocycles. The molecule has 0 bridgehead atoms. The first-order chi connectivity index (χ1) is 17.2. The lowest BCUT2D eigenvalue weighted by Gasteiger charge is -2.62. The number of halogens is 1. The summed E-state index contributed by atoms with van der Waals surface area (Å²) in [6.07, 6.45) is 9.35. The second-order valence-electron chi connectivity index (χ2n) is 13.0. The van der Waals surface area contributed by atoms with E-state index in [4.69, 9.17) is 4.74 Å². The monoisotopic (exact) mass is 497 g/mol. The summed E-state index contributed by atoms with van der Waals surface area (Å²) in [7, 11) is 1.83. The van der Waals surface area contributed by atoms with Gasteiger partial charge in [-0.05, 0) is 111 Å². The maximum atomic E-state index is 14.1. The molecule has 1 aromatic carbocycles. The van der Waals surface area contributed by atoms with Crippen LogP contribution in [0.25, 0.3) is 11.0 Å². The highest BCUT2D eigenvalue weighted by Crippen LogP contribution is 2.68. The number of Topliss-reactive ketones (excluding diaryl/α,β-unsaturated/α-hetero) is 1. The third-order valence-electron chi connectivity index (χ3n) is 11.2. The van der Waals surface area contributed by atoms with Crippen LogP contribution in [0.5, 0.6) is 0 Å². The van der Waals surface area contributed by atoms with Gasteiger partial charge in [-0.15, -0.1) is 5.10 Å². The van der Waals surface area contributed by atoms with Gasteiger partial charge >= 0.3 is 0 Å². The minimum absolute atomic E-state index is 0.00265. The lowest BCUT2D eigenvalue weighted by molar-refractivity contribution is -0.175. The fourth-order valence-corrected chi connectivity index (χ4v) is 9.58. The van der Waals surface area contributed by atoms with E-state index in [1.54, 1.807) is 12.1 Å². The van der Waals surface area contributed by atoms with E-state index >= 15 is 0 Å². The number of ketones is 1. The number of carbonyl (C=O) groups is 1. The van der Waals surface area contributed by atoms with Gasteiger partial charge in [0.15, 0.2) is 11.6 Å². The van der Waals surface area contributed by atoms with Crippen molar-refractivity contribution in [3.63, 3.8) is 0 Å².